The molecule has 0 unspecified atom stereocenters. The molecule has 3 aromatic rings. The van der Waals surface area contributed by atoms with Crippen molar-refractivity contribution in [2.24, 2.45) is 0 Å². The molecule has 3 rings (SSSR count). The molecule has 1 N–H and O–H groups in total. The smallest absolute Gasteiger partial charge is 0.229 e. The van der Waals surface area contributed by atoms with Crippen molar-refractivity contribution in [2.75, 3.05) is 13.7 Å². The van der Waals surface area contributed by atoms with E-state index >= 15 is 0 Å². The normalized spacial score (nSPS) is 12.3. The van der Waals surface area contributed by atoms with Gasteiger partial charge in [0.15, 0.2) is 5.58 Å². The van der Waals surface area contributed by atoms with Gasteiger partial charge in [-0.25, -0.2) is 4.39 Å². The summed E-state index contributed by atoms with van der Waals surface area (Å²) in [5, 5.41) is 14.4. The maximum absolute atomic E-state index is 13.4. The summed E-state index contributed by atoms with van der Waals surface area (Å²) in [7, 11) is 1.58. The summed E-state index contributed by atoms with van der Waals surface area (Å²) in [5.74, 6) is -0.647. The molecule has 0 fully saturated rings. The second-order valence-corrected chi connectivity index (χ2v) is 5.56. The number of aliphatic hydroxyl groups is 1. The Bertz CT molecular complexity index is 862. The van der Waals surface area contributed by atoms with Crippen LogP contribution in [0, 0.1) is 5.82 Å². The molecule has 1 heterocycles. The largest absolute Gasteiger partial charge is 0.394 e. The first-order chi connectivity index (χ1) is 11.6. The minimum Gasteiger partial charge on any atom is -0.394 e. The first kappa shape index (κ1) is 16.1. The number of hydrogen-bond acceptors (Lipinski definition) is 4. The number of benzene rings is 2. The summed E-state index contributed by atoms with van der Waals surface area (Å²) >= 11 is 0. The van der Waals surface area contributed by atoms with Crippen LogP contribution < -0.4 is 0 Å². The lowest BCUT2D eigenvalue weighted by atomic mass is 10.1. The molecule has 6 heteroatoms. The number of aromatic nitrogens is 1. The average Bonchev–Trinajstić information content (AvgIpc) is 2.99. The van der Waals surface area contributed by atoms with Crippen molar-refractivity contribution in [3.8, 4) is 0 Å². The summed E-state index contributed by atoms with van der Waals surface area (Å²) in [6.45, 7) is -0.300. The molecule has 24 heavy (non-hydrogen) atoms. The molecule has 5 nitrogen and oxygen atoms in total. The van der Waals surface area contributed by atoms with Crippen LogP contribution in [0.5, 0.6) is 0 Å². The average molecular weight is 328 g/mol. The van der Waals surface area contributed by atoms with Crippen molar-refractivity contribution in [3.05, 3.63) is 65.6 Å². The zero-order valence-electron chi connectivity index (χ0n) is 13.1. The van der Waals surface area contributed by atoms with Gasteiger partial charge in [0.25, 0.3) is 0 Å². The zero-order chi connectivity index (χ0) is 17.1. The maximum atomic E-state index is 13.4. The molecule has 0 saturated heterocycles. The number of amides is 1. The molecule has 1 atom stereocenters. The second kappa shape index (κ2) is 6.80. The number of para-hydroxylation sites is 1. The Labute approximate surface area is 138 Å². The quantitative estimate of drug-likeness (QED) is 0.782. The van der Waals surface area contributed by atoms with E-state index in [4.69, 9.17) is 4.52 Å². The molecule has 0 bridgehead atoms. The highest BCUT2D eigenvalue weighted by atomic mass is 19.1. The van der Waals surface area contributed by atoms with Gasteiger partial charge < -0.3 is 14.5 Å². The van der Waals surface area contributed by atoms with Gasteiger partial charge in [-0.05, 0) is 29.8 Å². The van der Waals surface area contributed by atoms with Crippen LogP contribution in [0.2, 0.25) is 0 Å². The number of aliphatic hydroxyl groups excluding tert-OH is 1. The first-order valence-electron chi connectivity index (χ1n) is 7.55. The number of nitrogens with zero attached hydrogens (tertiary/aromatic N) is 2. The zero-order valence-corrected chi connectivity index (χ0v) is 13.1. The monoisotopic (exact) mass is 328 g/mol. The van der Waals surface area contributed by atoms with Crippen LogP contribution >= 0.6 is 0 Å². The van der Waals surface area contributed by atoms with Gasteiger partial charge in [0, 0.05) is 12.4 Å². The van der Waals surface area contributed by atoms with Crippen molar-refractivity contribution in [3.63, 3.8) is 0 Å². The Kier molecular flexibility index (Phi) is 4.57. The lowest BCUT2D eigenvalue weighted by molar-refractivity contribution is -0.132. The molecular weight excluding hydrogens is 311 g/mol. The molecule has 0 aliphatic rings. The van der Waals surface area contributed by atoms with Gasteiger partial charge in [-0.2, -0.15) is 0 Å². The number of carbonyl (C=O) groups is 1. The minimum atomic E-state index is -0.619. The van der Waals surface area contributed by atoms with Crippen molar-refractivity contribution in [1.82, 2.24) is 10.1 Å². The fourth-order valence-corrected chi connectivity index (χ4v) is 2.67. The van der Waals surface area contributed by atoms with Crippen LogP contribution in [0.25, 0.3) is 11.0 Å². The fourth-order valence-electron chi connectivity index (χ4n) is 2.67. The number of carbonyl (C=O) groups excluding carboxylic acids is 1. The standard InChI is InChI=1S/C18H17FN2O3/c1-21(16(11-22)12-5-4-6-13(19)9-12)18(23)10-15-14-7-2-3-8-17(14)24-20-15/h2-9,16,22H,10-11H2,1H3/t16-/m0/s1. The molecule has 0 aliphatic heterocycles. The molecule has 0 spiro atoms. The summed E-state index contributed by atoms with van der Waals surface area (Å²) in [4.78, 5) is 14.0. The summed E-state index contributed by atoms with van der Waals surface area (Å²) in [6, 6.07) is 12.5. The third-order valence-corrected chi connectivity index (χ3v) is 4.04. The molecular formula is C18H17FN2O3. The highest BCUT2D eigenvalue weighted by Crippen LogP contribution is 2.23. The molecule has 124 valence electrons. The highest BCUT2D eigenvalue weighted by molar-refractivity contribution is 5.86. The van der Waals surface area contributed by atoms with Crippen LogP contribution in [-0.2, 0) is 11.2 Å². The summed E-state index contributed by atoms with van der Waals surface area (Å²) < 4.78 is 18.6. The highest BCUT2D eigenvalue weighted by Gasteiger charge is 2.23. The van der Waals surface area contributed by atoms with Crippen molar-refractivity contribution < 1.29 is 18.8 Å². The van der Waals surface area contributed by atoms with Gasteiger partial charge >= 0.3 is 0 Å². The van der Waals surface area contributed by atoms with Crippen LogP contribution in [-0.4, -0.2) is 34.7 Å². The first-order valence-corrected chi connectivity index (χ1v) is 7.55. The lowest BCUT2D eigenvalue weighted by Crippen LogP contribution is -2.34. The van der Waals surface area contributed by atoms with Crippen molar-refractivity contribution >= 4 is 16.9 Å². The molecule has 0 radical (unpaired) electrons. The van der Waals surface area contributed by atoms with Crippen LogP contribution in [0.3, 0.4) is 0 Å². The van der Waals surface area contributed by atoms with Gasteiger partial charge in [-0.3, -0.25) is 4.79 Å². The van der Waals surface area contributed by atoms with E-state index in [1.54, 1.807) is 25.2 Å². The SMILES string of the molecule is CN(C(=O)Cc1noc2ccccc12)[C@@H](CO)c1cccc(F)c1. The Morgan fingerprint density at radius 2 is 2.08 bits per heavy atom. The van der Waals surface area contributed by atoms with Crippen LogP contribution in [0.1, 0.15) is 17.3 Å². The third-order valence-electron chi connectivity index (χ3n) is 4.04. The number of hydrogen-bond donors (Lipinski definition) is 1. The Hall–Kier alpha value is -2.73. The van der Waals surface area contributed by atoms with E-state index in [2.05, 4.69) is 5.16 Å². The van der Waals surface area contributed by atoms with Gasteiger partial charge in [-0.1, -0.05) is 29.4 Å². The van der Waals surface area contributed by atoms with E-state index in [1.165, 1.54) is 17.0 Å². The van der Waals surface area contributed by atoms with Crippen LogP contribution in [0.15, 0.2) is 53.1 Å². The molecule has 1 aromatic heterocycles. The topological polar surface area (TPSA) is 66.6 Å². The van der Waals surface area contributed by atoms with E-state index < -0.39 is 11.9 Å². The summed E-state index contributed by atoms with van der Waals surface area (Å²) in [6.07, 6.45) is 0.0410. The van der Waals surface area contributed by atoms with E-state index in [0.717, 1.165) is 5.39 Å². The van der Waals surface area contributed by atoms with Crippen LogP contribution in [0.4, 0.5) is 4.39 Å². The Morgan fingerprint density at radius 1 is 1.29 bits per heavy atom. The predicted molar refractivity (Wildman–Crippen MR) is 86.7 cm³/mol. The second-order valence-electron chi connectivity index (χ2n) is 5.56. The van der Waals surface area contributed by atoms with Gasteiger partial charge in [0.05, 0.1) is 19.1 Å². The van der Waals surface area contributed by atoms with Gasteiger partial charge in [0.1, 0.15) is 11.5 Å². The number of fused-ring (bicyclic) bond motifs is 1. The minimum absolute atomic E-state index is 0.0410. The van der Waals surface area contributed by atoms with E-state index in [-0.39, 0.29) is 18.9 Å². The molecule has 0 aliphatic carbocycles. The molecule has 2 aromatic carbocycles. The summed E-state index contributed by atoms with van der Waals surface area (Å²) in [5.41, 5.74) is 1.70. The fraction of sp³-hybridized carbons (Fsp3) is 0.222. The van der Waals surface area contributed by atoms with Crippen molar-refractivity contribution in [2.45, 2.75) is 12.5 Å². The van der Waals surface area contributed by atoms with E-state index in [0.29, 0.717) is 16.8 Å². The van der Waals surface area contributed by atoms with E-state index in [1.807, 2.05) is 18.2 Å². The van der Waals surface area contributed by atoms with Gasteiger partial charge in [0.2, 0.25) is 5.91 Å². The van der Waals surface area contributed by atoms with Crippen molar-refractivity contribution in [1.29, 1.82) is 0 Å². The van der Waals surface area contributed by atoms with Gasteiger partial charge in [-0.15, -0.1) is 0 Å². The Morgan fingerprint density at radius 3 is 2.83 bits per heavy atom. The van der Waals surface area contributed by atoms with E-state index in [9.17, 15) is 14.3 Å². The number of halogens is 1. The number of rotatable bonds is 5. The molecule has 1 amide bonds. The lowest BCUT2D eigenvalue weighted by Gasteiger charge is -2.27. The number of likely N-dealkylation sites (N-methyl/N-ethyl adjacent to an activating group) is 1. The maximum Gasteiger partial charge on any atom is 0.229 e. The predicted octanol–water partition coefficient (Wildman–Crippen LogP) is 2.70. The third kappa shape index (κ3) is 3.14. The molecule has 0 saturated carbocycles. The Balaban J connectivity index is 1.80.